The number of nitrogens with one attached hydrogen (secondary N) is 3. The fourth-order valence-corrected chi connectivity index (χ4v) is 2.93. The molecule has 1 atom stereocenters. The minimum Gasteiger partial charge on any atom is -0.349 e. The fraction of sp³-hybridized carbons (Fsp3) is 0.412. The normalized spacial score (nSPS) is 16.4. The molecule has 1 aliphatic heterocycles. The summed E-state index contributed by atoms with van der Waals surface area (Å²) in [7, 11) is 0. The topological polar surface area (TPSA) is 73.1 Å². The van der Waals surface area contributed by atoms with Crippen LogP contribution in [-0.2, 0) is 0 Å². The minimum absolute atomic E-state index is 0. The first-order valence-electron chi connectivity index (χ1n) is 8.35. The molecule has 0 radical (unpaired) electrons. The molecule has 1 unspecified atom stereocenters. The number of aromatic amines is 1. The van der Waals surface area contributed by atoms with Gasteiger partial charge < -0.3 is 10.6 Å². The van der Waals surface area contributed by atoms with Crippen LogP contribution in [0.15, 0.2) is 36.4 Å². The number of H-pyrrole nitrogens is 1. The molecule has 10 heteroatoms. The number of carbonyl (C=O) groups is 1. The molecule has 3 N–H and O–H groups in total. The lowest BCUT2D eigenvalue weighted by Gasteiger charge is -2.35. The molecule has 0 saturated carbocycles. The highest BCUT2D eigenvalue weighted by molar-refractivity contribution is 5.93. The summed E-state index contributed by atoms with van der Waals surface area (Å²) in [5.41, 5.74) is 1.51. The third kappa shape index (κ3) is 5.44. The van der Waals surface area contributed by atoms with Crippen LogP contribution in [0.4, 0.5) is 13.2 Å². The van der Waals surface area contributed by atoms with Crippen LogP contribution in [-0.4, -0.2) is 65.9 Å². The maximum Gasteiger partial charge on any atom is 0.405 e. The third-order valence-electron chi connectivity index (χ3n) is 4.32. The van der Waals surface area contributed by atoms with Crippen LogP contribution in [0.1, 0.15) is 10.5 Å². The summed E-state index contributed by atoms with van der Waals surface area (Å²) in [6, 6.07) is 9.03. The van der Waals surface area contributed by atoms with Gasteiger partial charge in [0.15, 0.2) is 0 Å². The third-order valence-corrected chi connectivity index (χ3v) is 4.32. The highest BCUT2D eigenvalue weighted by Crippen LogP contribution is 2.25. The van der Waals surface area contributed by atoms with Crippen molar-refractivity contribution in [2.75, 3.05) is 32.7 Å². The summed E-state index contributed by atoms with van der Waals surface area (Å²) in [6.07, 6.45) is -4.41. The van der Waals surface area contributed by atoms with E-state index in [1.807, 2.05) is 30.3 Å². The Bertz CT molecular complexity index is 732. The zero-order chi connectivity index (χ0) is 18.6. The van der Waals surface area contributed by atoms with E-state index in [1.54, 1.807) is 0 Å². The van der Waals surface area contributed by atoms with E-state index in [1.165, 1.54) is 11.0 Å². The van der Waals surface area contributed by atoms with Crippen molar-refractivity contribution in [1.29, 1.82) is 0 Å². The van der Waals surface area contributed by atoms with Crippen molar-refractivity contribution in [2.45, 2.75) is 12.2 Å². The van der Waals surface area contributed by atoms with Gasteiger partial charge in [0, 0.05) is 38.3 Å². The van der Waals surface area contributed by atoms with Crippen LogP contribution < -0.4 is 10.6 Å². The molecule has 3 rings (SSSR count). The van der Waals surface area contributed by atoms with E-state index in [-0.39, 0.29) is 18.1 Å². The van der Waals surface area contributed by atoms with E-state index < -0.39 is 24.7 Å². The van der Waals surface area contributed by atoms with Crippen LogP contribution >= 0.6 is 12.4 Å². The molecule has 6 nitrogen and oxygen atoms in total. The van der Waals surface area contributed by atoms with Crippen LogP contribution in [0.25, 0.3) is 11.3 Å². The van der Waals surface area contributed by atoms with Gasteiger partial charge in [-0.1, -0.05) is 30.3 Å². The summed E-state index contributed by atoms with van der Waals surface area (Å²) >= 11 is 0. The van der Waals surface area contributed by atoms with Crippen LogP contribution in [0.2, 0.25) is 0 Å². The lowest BCUT2D eigenvalue weighted by atomic mass is 10.1. The average Bonchev–Trinajstić information content (AvgIpc) is 3.12. The molecule has 1 amide bonds. The summed E-state index contributed by atoms with van der Waals surface area (Å²) < 4.78 is 40.0. The zero-order valence-corrected chi connectivity index (χ0v) is 15.2. The molecular weight excluding hydrogens is 383 g/mol. The number of alkyl halides is 3. The van der Waals surface area contributed by atoms with Gasteiger partial charge in [-0.3, -0.25) is 14.8 Å². The van der Waals surface area contributed by atoms with Gasteiger partial charge in [0.25, 0.3) is 5.91 Å². The Morgan fingerprint density at radius 1 is 1.22 bits per heavy atom. The molecule has 148 valence electrons. The summed E-state index contributed by atoms with van der Waals surface area (Å²) in [5, 5.41) is 12.0. The highest BCUT2D eigenvalue weighted by Gasteiger charge is 2.43. The Morgan fingerprint density at radius 2 is 1.89 bits per heavy atom. The second-order valence-electron chi connectivity index (χ2n) is 6.09. The van der Waals surface area contributed by atoms with E-state index in [0.717, 1.165) is 5.56 Å². The van der Waals surface area contributed by atoms with Crippen molar-refractivity contribution in [2.24, 2.45) is 0 Å². The average molecular weight is 404 g/mol. The number of hydrogen-bond acceptors (Lipinski definition) is 4. The van der Waals surface area contributed by atoms with Gasteiger partial charge in [-0.25, -0.2) is 0 Å². The lowest BCUT2D eigenvalue weighted by Crippen LogP contribution is -2.57. The highest BCUT2D eigenvalue weighted by atomic mass is 35.5. The number of halogens is 4. The van der Waals surface area contributed by atoms with Crippen molar-refractivity contribution < 1.29 is 18.0 Å². The van der Waals surface area contributed by atoms with Crippen molar-refractivity contribution in [3.05, 3.63) is 42.1 Å². The van der Waals surface area contributed by atoms with Crippen molar-refractivity contribution in [3.63, 3.8) is 0 Å². The number of amides is 1. The molecule has 27 heavy (non-hydrogen) atoms. The molecule has 1 aliphatic rings. The zero-order valence-electron chi connectivity index (χ0n) is 14.4. The molecule has 0 bridgehead atoms. The van der Waals surface area contributed by atoms with E-state index in [4.69, 9.17) is 0 Å². The van der Waals surface area contributed by atoms with Gasteiger partial charge in [0.05, 0.1) is 5.69 Å². The number of aromatic nitrogens is 2. The van der Waals surface area contributed by atoms with E-state index >= 15 is 0 Å². The second kappa shape index (κ2) is 9.20. The maximum absolute atomic E-state index is 13.3. The van der Waals surface area contributed by atoms with Gasteiger partial charge in [-0.15, -0.1) is 12.4 Å². The van der Waals surface area contributed by atoms with Gasteiger partial charge in [0.2, 0.25) is 0 Å². The summed E-state index contributed by atoms with van der Waals surface area (Å²) in [5.74, 6) is -0.607. The standard InChI is InChI=1S/C17H20F3N5O.ClH/c18-17(19,20)15(25-8-6-21-7-9-25)11-22-16(26)14-10-13(23-24-14)12-4-2-1-3-5-12;/h1-5,10,15,21H,6-9,11H2,(H,22,26)(H,23,24);1H. The Labute approximate surface area is 160 Å². The Morgan fingerprint density at radius 3 is 2.52 bits per heavy atom. The smallest absolute Gasteiger partial charge is 0.349 e. The molecule has 2 aromatic rings. The number of rotatable bonds is 5. The quantitative estimate of drug-likeness (QED) is 0.714. The predicted octanol–water partition coefficient (Wildman–Crippen LogP) is 2.06. The first-order valence-corrected chi connectivity index (χ1v) is 8.35. The molecule has 0 aliphatic carbocycles. The summed E-state index contributed by atoms with van der Waals surface area (Å²) in [6.45, 7) is 1.09. The number of nitrogens with zero attached hydrogens (tertiary/aromatic N) is 2. The SMILES string of the molecule is Cl.O=C(NCC(N1CCNCC1)C(F)(F)F)c1cc(-c2ccccc2)n[nH]1. The van der Waals surface area contributed by atoms with Gasteiger partial charge in [0.1, 0.15) is 11.7 Å². The Hall–Kier alpha value is -2.10. The Balaban J connectivity index is 0.00000261. The van der Waals surface area contributed by atoms with Gasteiger partial charge in [-0.2, -0.15) is 18.3 Å². The Kier molecular flexibility index (Phi) is 7.23. The fourth-order valence-electron chi connectivity index (χ4n) is 2.93. The van der Waals surface area contributed by atoms with Crippen molar-refractivity contribution >= 4 is 18.3 Å². The molecular formula is C17H21ClF3N5O. The number of hydrogen-bond donors (Lipinski definition) is 3. The first kappa shape index (κ1) is 21.2. The van der Waals surface area contributed by atoms with Crippen LogP contribution in [0.5, 0.6) is 0 Å². The monoisotopic (exact) mass is 403 g/mol. The number of piperazine rings is 1. The van der Waals surface area contributed by atoms with Crippen LogP contribution in [0, 0.1) is 0 Å². The number of benzene rings is 1. The lowest BCUT2D eigenvalue weighted by molar-refractivity contribution is -0.183. The van der Waals surface area contributed by atoms with E-state index in [9.17, 15) is 18.0 Å². The largest absolute Gasteiger partial charge is 0.405 e. The molecule has 0 spiro atoms. The minimum atomic E-state index is -4.41. The first-order chi connectivity index (χ1) is 12.4. The van der Waals surface area contributed by atoms with Crippen LogP contribution in [0.3, 0.4) is 0 Å². The predicted molar refractivity (Wildman–Crippen MR) is 97.9 cm³/mol. The molecule has 1 saturated heterocycles. The van der Waals surface area contributed by atoms with Crippen molar-refractivity contribution in [3.8, 4) is 11.3 Å². The second-order valence-corrected chi connectivity index (χ2v) is 6.09. The van der Waals surface area contributed by atoms with E-state index in [2.05, 4.69) is 20.8 Å². The molecule has 1 aromatic carbocycles. The van der Waals surface area contributed by atoms with Gasteiger partial charge >= 0.3 is 6.18 Å². The molecule has 1 fully saturated rings. The molecule has 1 aromatic heterocycles. The molecule has 2 heterocycles. The maximum atomic E-state index is 13.3. The van der Waals surface area contributed by atoms with Crippen molar-refractivity contribution in [1.82, 2.24) is 25.7 Å². The van der Waals surface area contributed by atoms with Gasteiger partial charge in [-0.05, 0) is 6.07 Å². The van der Waals surface area contributed by atoms with E-state index in [0.29, 0.717) is 31.9 Å². The summed E-state index contributed by atoms with van der Waals surface area (Å²) in [4.78, 5) is 13.6. The number of carbonyl (C=O) groups excluding carboxylic acids is 1.